The highest BCUT2D eigenvalue weighted by molar-refractivity contribution is 6.40. The summed E-state index contributed by atoms with van der Waals surface area (Å²) in [6.07, 6.45) is 0. The molecule has 22 heavy (non-hydrogen) atoms. The van der Waals surface area contributed by atoms with Crippen molar-refractivity contribution in [3.63, 3.8) is 0 Å². The quantitative estimate of drug-likeness (QED) is 0.677. The number of hydrogen-bond acceptors (Lipinski definition) is 5. The lowest BCUT2D eigenvalue weighted by molar-refractivity contribution is -0.386. The van der Waals surface area contributed by atoms with Gasteiger partial charge >= 0.3 is 5.69 Å². The van der Waals surface area contributed by atoms with Crippen LogP contribution in [0, 0.1) is 10.1 Å². The van der Waals surface area contributed by atoms with Crippen LogP contribution < -0.4 is 10.1 Å². The van der Waals surface area contributed by atoms with Gasteiger partial charge in [0.05, 0.1) is 27.6 Å². The van der Waals surface area contributed by atoms with Gasteiger partial charge in [-0.2, -0.15) is 4.98 Å². The number of anilines is 1. The van der Waals surface area contributed by atoms with Crippen molar-refractivity contribution in [2.45, 2.75) is 0 Å². The van der Waals surface area contributed by atoms with E-state index in [1.54, 1.807) is 6.07 Å². The van der Waals surface area contributed by atoms with E-state index in [0.29, 0.717) is 0 Å². The number of nitrogens with one attached hydrogen (secondary N) is 1. The summed E-state index contributed by atoms with van der Waals surface area (Å²) in [4.78, 5) is 26.2. The Kier molecular flexibility index (Phi) is 4.79. The van der Waals surface area contributed by atoms with Crippen molar-refractivity contribution in [2.24, 2.45) is 0 Å². The molecule has 1 heterocycles. The van der Waals surface area contributed by atoms with Gasteiger partial charge in [0.25, 0.3) is 11.8 Å². The SMILES string of the molecule is COc1nc(NC(=O)c2c(Cl)cccc2Cl)ccc1[N+](=O)[O-]. The van der Waals surface area contributed by atoms with E-state index in [9.17, 15) is 14.9 Å². The number of rotatable bonds is 4. The zero-order valence-corrected chi connectivity index (χ0v) is 12.7. The molecule has 2 rings (SSSR count). The molecule has 1 N–H and O–H groups in total. The highest BCUT2D eigenvalue weighted by atomic mass is 35.5. The molecule has 0 radical (unpaired) electrons. The van der Waals surface area contributed by atoms with Gasteiger partial charge in [-0.15, -0.1) is 0 Å². The standard InChI is InChI=1S/C13H9Cl2N3O4/c1-22-13-9(18(20)21)5-6-10(17-13)16-12(19)11-7(14)3-2-4-8(11)15/h2-6H,1H3,(H,16,17,19). The summed E-state index contributed by atoms with van der Waals surface area (Å²) in [5.41, 5.74) is -0.221. The van der Waals surface area contributed by atoms with Crippen LogP contribution in [0.2, 0.25) is 10.0 Å². The van der Waals surface area contributed by atoms with Crippen molar-refractivity contribution in [1.29, 1.82) is 0 Å². The van der Waals surface area contributed by atoms with Crippen LogP contribution in [0.4, 0.5) is 11.5 Å². The van der Waals surface area contributed by atoms with Crippen LogP contribution >= 0.6 is 23.2 Å². The van der Waals surface area contributed by atoms with Gasteiger partial charge in [-0.1, -0.05) is 29.3 Å². The highest BCUT2D eigenvalue weighted by Gasteiger charge is 2.19. The Bertz CT molecular complexity index is 732. The van der Waals surface area contributed by atoms with E-state index in [-0.39, 0.29) is 33.0 Å². The zero-order valence-electron chi connectivity index (χ0n) is 11.2. The van der Waals surface area contributed by atoms with E-state index in [1.807, 2.05) is 0 Å². The number of aromatic nitrogens is 1. The number of nitrogens with zero attached hydrogens (tertiary/aromatic N) is 2. The van der Waals surface area contributed by atoms with Crippen LogP contribution in [0.5, 0.6) is 5.88 Å². The summed E-state index contributed by atoms with van der Waals surface area (Å²) in [6, 6.07) is 7.10. The fraction of sp³-hybridized carbons (Fsp3) is 0.0769. The Morgan fingerprint density at radius 3 is 2.45 bits per heavy atom. The van der Waals surface area contributed by atoms with E-state index in [0.717, 1.165) is 0 Å². The molecule has 0 aliphatic rings. The van der Waals surface area contributed by atoms with Crippen LogP contribution in [-0.2, 0) is 0 Å². The van der Waals surface area contributed by atoms with Crippen molar-refractivity contribution in [3.8, 4) is 5.88 Å². The second-order valence-electron chi connectivity index (χ2n) is 4.03. The van der Waals surface area contributed by atoms with E-state index < -0.39 is 10.8 Å². The molecule has 0 atom stereocenters. The minimum atomic E-state index is -0.637. The molecule has 0 saturated carbocycles. The predicted molar refractivity (Wildman–Crippen MR) is 81.9 cm³/mol. The third-order valence-corrected chi connectivity index (χ3v) is 3.29. The van der Waals surface area contributed by atoms with Crippen molar-refractivity contribution < 1.29 is 14.5 Å². The van der Waals surface area contributed by atoms with Crippen molar-refractivity contribution in [2.75, 3.05) is 12.4 Å². The fourth-order valence-electron chi connectivity index (χ4n) is 1.69. The first-order valence-electron chi connectivity index (χ1n) is 5.89. The molecule has 0 saturated heterocycles. The minimum Gasteiger partial charge on any atom is -0.476 e. The second kappa shape index (κ2) is 6.59. The van der Waals surface area contributed by atoms with Gasteiger partial charge in [-0.25, -0.2) is 0 Å². The molecule has 1 aromatic heterocycles. The zero-order chi connectivity index (χ0) is 16.3. The first-order chi connectivity index (χ1) is 10.4. The summed E-state index contributed by atoms with van der Waals surface area (Å²) >= 11 is 11.9. The van der Waals surface area contributed by atoms with Gasteiger partial charge in [-0.3, -0.25) is 14.9 Å². The number of carbonyl (C=O) groups excluding carboxylic acids is 1. The first-order valence-corrected chi connectivity index (χ1v) is 6.64. The molecule has 7 nitrogen and oxygen atoms in total. The molecular formula is C13H9Cl2N3O4. The van der Waals surface area contributed by atoms with Crippen molar-refractivity contribution >= 4 is 40.6 Å². The average molecular weight is 342 g/mol. The van der Waals surface area contributed by atoms with Crippen LogP contribution in [0.1, 0.15) is 10.4 Å². The number of pyridine rings is 1. The minimum absolute atomic E-state index is 0.0726. The third kappa shape index (κ3) is 3.26. The normalized spacial score (nSPS) is 10.1. The molecule has 2 aromatic rings. The Morgan fingerprint density at radius 2 is 1.91 bits per heavy atom. The smallest absolute Gasteiger partial charge is 0.331 e. The lowest BCUT2D eigenvalue weighted by Crippen LogP contribution is -2.14. The number of carbonyl (C=O) groups is 1. The second-order valence-corrected chi connectivity index (χ2v) is 4.85. The average Bonchev–Trinajstić information content (AvgIpc) is 2.46. The van der Waals surface area contributed by atoms with E-state index in [2.05, 4.69) is 10.3 Å². The molecule has 0 aliphatic carbocycles. The lowest BCUT2D eigenvalue weighted by atomic mass is 10.2. The number of nitro groups is 1. The van der Waals surface area contributed by atoms with Gasteiger partial charge in [0.15, 0.2) is 0 Å². The highest BCUT2D eigenvalue weighted by Crippen LogP contribution is 2.28. The molecule has 9 heteroatoms. The number of methoxy groups -OCH3 is 1. The predicted octanol–water partition coefficient (Wildman–Crippen LogP) is 3.56. The third-order valence-electron chi connectivity index (χ3n) is 2.66. The summed E-state index contributed by atoms with van der Waals surface area (Å²) in [6.45, 7) is 0. The number of amides is 1. The largest absolute Gasteiger partial charge is 0.476 e. The monoisotopic (exact) mass is 341 g/mol. The molecular weight excluding hydrogens is 333 g/mol. The van der Waals surface area contributed by atoms with E-state index >= 15 is 0 Å². The fourth-order valence-corrected chi connectivity index (χ4v) is 2.25. The number of halogens is 2. The molecule has 0 fully saturated rings. The van der Waals surface area contributed by atoms with Gasteiger partial charge in [0.2, 0.25) is 0 Å². The van der Waals surface area contributed by atoms with Crippen LogP contribution in [0.25, 0.3) is 0 Å². The van der Waals surface area contributed by atoms with E-state index in [1.165, 1.54) is 31.4 Å². The van der Waals surface area contributed by atoms with Crippen LogP contribution in [-0.4, -0.2) is 22.9 Å². The molecule has 1 amide bonds. The topological polar surface area (TPSA) is 94.4 Å². The first kappa shape index (κ1) is 16.0. The van der Waals surface area contributed by atoms with Gasteiger partial charge in [-0.05, 0) is 18.2 Å². The Balaban J connectivity index is 2.31. The van der Waals surface area contributed by atoms with Gasteiger partial charge < -0.3 is 10.1 Å². The van der Waals surface area contributed by atoms with Crippen molar-refractivity contribution in [3.05, 3.63) is 56.1 Å². The Morgan fingerprint density at radius 1 is 1.27 bits per heavy atom. The number of ether oxygens (including phenoxy) is 1. The lowest BCUT2D eigenvalue weighted by Gasteiger charge is -2.08. The van der Waals surface area contributed by atoms with Gasteiger partial charge in [0.1, 0.15) is 5.82 Å². The summed E-state index contributed by atoms with van der Waals surface area (Å²) in [5, 5.41) is 13.6. The molecule has 0 bridgehead atoms. The Hall–Kier alpha value is -2.38. The maximum absolute atomic E-state index is 12.2. The van der Waals surface area contributed by atoms with Crippen molar-refractivity contribution in [1.82, 2.24) is 4.98 Å². The Labute approximate surface area is 135 Å². The summed E-state index contributed by atoms with van der Waals surface area (Å²) in [7, 11) is 1.24. The maximum atomic E-state index is 12.2. The molecule has 0 aliphatic heterocycles. The maximum Gasteiger partial charge on any atom is 0.331 e. The van der Waals surface area contributed by atoms with Crippen LogP contribution in [0.3, 0.4) is 0 Å². The molecule has 0 unspecified atom stereocenters. The van der Waals surface area contributed by atoms with E-state index in [4.69, 9.17) is 27.9 Å². The molecule has 114 valence electrons. The molecule has 0 spiro atoms. The summed E-state index contributed by atoms with van der Waals surface area (Å²) < 4.78 is 4.83. The number of hydrogen-bond donors (Lipinski definition) is 1. The van der Waals surface area contributed by atoms with Gasteiger partial charge in [0, 0.05) is 6.07 Å². The number of benzene rings is 1. The molecule has 1 aromatic carbocycles. The van der Waals surface area contributed by atoms with Crippen LogP contribution in [0.15, 0.2) is 30.3 Å². The summed E-state index contributed by atoms with van der Waals surface area (Å²) in [5.74, 6) is -0.726.